The number of morpholine rings is 1. The minimum atomic E-state index is -0.287. The quantitative estimate of drug-likeness (QED) is 0.527. The van der Waals surface area contributed by atoms with Gasteiger partial charge in [-0.05, 0) is 0 Å². The second-order valence-electron chi connectivity index (χ2n) is 3.41. The lowest BCUT2D eigenvalue weighted by atomic mass is 10.1. The van der Waals surface area contributed by atoms with Crippen molar-refractivity contribution in [3.8, 4) is 0 Å². The molecule has 1 aliphatic heterocycles. The van der Waals surface area contributed by atoms with E-state index in [2.05, 4.69) is 6.58 Å². The van der Waals surface area contributed by atoms with Crippen molar-refractivity contribution in [2.75, 3.05) is 26.3 Å². The van der Waals surface area contributed by atoms with Gasteiger partial charge in [0.1, 0.15) is 0 Å². The largest absolute Gasteiger partial charge is 0.378 e. The first kappa shape index (κ1) is 11.5. The number of carbonyl (C=O) groups excluding carboxylic acids is 1. The van der Waals surface area contributed by atoms with Gasteiger partial charge in [-0.15, -0.1) is 18.2 Å². The molecule has 0 radical (unpaired) electrons. The van der Waals surface area contributed by atoms with E-state index in [9.17, 15) is 4.79 Å². The Morgan fingerprint density at radius 2 is 2.14 bits per heavy atom. The highest BCUT2D eigenvalue weighted by molar-refractivity contribution is 6.23. The van der Waals surface area contributed by atoms with Gasteiger partial charge in [0, 0.05) is 13.1 Å². The zero-order valence-electron chi connectivity index (χ0n) is 8.41. The Labute approximate surface area is 89.7 Å². The number of carbonyl (C=O) groups is 1. The molecule has 1 rings (SSSR count). The molecule has 2 atom stereocenters. The van der Waals surface area contributed by atoms with Crippen LogP contribution in [0.15, 0.2) is 12.7 Å². The smallest absolute Gasteiger partial charge is 0.227 e. The Morgan fingerprint density at radius 3 is 2.64 bits per heavy atom. The third kappa shape index (κ3) is 2.72. The standard InChI is InChI=1S/C10H16ClNO2/c1-3-9(11)8(2)10(13)12-4-6-14-7-5-12/h3,8-9H,1,4-7H2,2H3/t8-,9-/m0/s1. The Balaban J connectivity index is 2.49. The maximum Gasteiger partial charge on any atom is 0.227 e. The molecule has 0 aromatic carbocycles. The molecule has 0 N–H and O–H groups in total. The average molecular weight is 218 g/mol. The van der Waals surface area contributed by atoms with Crippen LogP contribution in [0.25, 0.3) is 0 Å². The SMILES string of the molecule is C=C[C@H](Cl)[C@H](C)C(=O)N1CCOCC1. The summed E-state index contributed by atoms with van der Waals surface area (Å²) in [6, 6.07) is 0. The van der Waals surface area contributed by atoms with Crippen LogP contribution in [0.2, 0.25) is 0 Å². The van der Waals surface area contributed by atoms with E-state index >= 15 is 0 Å². The molecule has 0 aliphatic carbocycles. The molecule has 0 unspecified atom stereocenters. The molecule has 0 saturated carbocycles. The minimum Gasteiger partial charge on any atom is -0.378 e. The van der Waals surface area contributed by atoms with Crippen LogP contribution < -0.4 is 0 Å². The summed E-state index contributed by atoms with van der Waals surface area (Å²) in [6.07, 6.45) is 1.60. The van der Waals surface area contributed by atoms with Crippen molar-refractivity contribution in [2.45, 2.75) is 12.3 Å². The molecule has 1 saturated heterocycles. The lowest BCUT2D eigenvalue weighted by Gasteiger charge is -2.30. The van der Waals surface area contributed by atoms with E-state index in [-0.39, 0.29) is 17.2 Å². The molecular formula is C10H16ClNO2. The van der Waals surface area contributed by atoms with Crippen LogP contribution >= 0.6 is 11.6 Å². The van der Waals surface area contributed by atoms with Crippen LogP contribution in [-0.4, -0.2) is 42.5 Å². The first-order valence-corrected chi connectivity index (χ1v) is 5.23. The Hall–Kier alpha value is -0.540. The van der Waals surface area contributed by atoms with Crippen LogP contribution in [0, 0.1) is 5.92 Å². The van der Waals surface area contributed by atoms with Gasteiger partial charge in [-0.3, -0.25) is 4.79 Å². The average Bonchev–Trinajstić information content (AvgIpc) is 2.27. The van der Waals surface area contributed by atoms with Gasteiger partial charge in [0.05, 0.1) is 24.5 Å². The fraction of sp³-hybridized carbons (Fsp3) is 0.700. The maximum absolute atomic E-state index is 11.8. The number of halogens is 1. The summed E-state index contributed by atoms with van der Waals surface area (Å²) in [5.41, 5.74) is 0. The van der Waals surface area contributed by atoms with Crippen LogP contribution in [0.1, 0.15) is 6.92 Å². The molecule has 1 fully saturated rings. The van der Waals surface area contributed by atoms with Gasteiger partial charge >= 0.3 is 0 Å². The third-order valence-electron chi connectivity index (χ3n) is 2.42. The minimum absolute atomic E-state index is 0.0909. The van der Waals surface area contributed by atoms with E-state index in [0.29, 0.717) is 26.3 Å². The van der Waals surface area contributed by atoms with Crippen LogP contribution in [0.3, 0.4) is 0 Å². The van der Waals surface area contributed by atoms with Crippen molar-refractivity contribution in [2.24, 2.45) is 5.92 Å². The molecule has 1 aliphatic rings. The molecule has 0 aromatic heterocycles. The Bertz CT molecular complexity index is 214. The highest BCUT2D eigenvalue weighted by Gasteiger charge is 2.25. The molecule has 0 spiro atoms. The van der Waals surface area contributed by atoms with Crippen molar-refractivity contribution < 1.29 is 9.53 Å². The predicted octanol–water partition coefficient (Wildman–Crippen LogP) is 1.27. The van der Waals surface area contributed by atoms with Gasteiger partial charge in [0.2, 0.25) is 5.91 Å². The topological polar surface area (TPSA) is 29.5 Å². The van der Waals surface area contributed by atoms with E-state index in [1.807, 2.05) is 6.92 Å². The number of hydrogen-bond acceptors (Lipinski definition) is 2. The van der Waals surface area contributed by atoms with Gasteiger partial charge in [-0.25, -0.2) is 0 Å². The zero-order valence-corrected chi connectivity index (χ0v) is 9.17. The van der Waals surface area contributed by atoms with E-state index in [4.69, 9.17) is 16.3 Å². The number of allylic oxidation sites excluding steroid dienone is 1. The Morgan fingerprint density at radius 1 is 1.57 bits per heavy atom. The molecule has 0 aromatic rings. The van der Waals surface area contributed by atoms with E-state index in [1.54, 1.807) is 11.0 Å². The van der Waals surface area contributed by atoms with Crippen molar-refractivity contribution in [3.63, 3.8) is 0 Å². The maximum atomic E-state index is 11.8. The third-order valence-corrected chi connectivity index (χ3v) is 2.97. The number of amides is 1. The number of rotatable bonds is 3. The highest BCUT2D eigenvalue weighted by atomic mass is 35.5. The molecule has 3 nitrogen and oxygen atoms in total. The summed E-state index contributed by atoms with van der Waals surface area (Å²) in [5, 5.41) is -0.287. The van der Waals surface area contributed by atoms with Crippen LogP contribution in [-0.2, 0) is 9.53 Å². The number of alkyl halides is 1. The zero-order chi connectivity index (χ0) is 10.6. The summed E-state index contributed by atoms with van der Waals surface area (Å²) in [4.78, 5) is 13.6. The molecular weight excluding hydrogens is 202 g/mol. The lowest BCUT2D eigenvalue weighted by molar-refractivity contribution is -0.138. The number of hydrogen-bond donors (Lipinski definition) is 0. The van der Waals surface area contributed by atoms with Crippen LogP contribution in [0.5, 0.6) is 0 Å². The normalized spacial score (nSPS) is 21.4. The van der Waals surface area contributed by atoms with Gasteiger partial charge in [-0.2, -0.15) is 0 Å². The van der Waals surface area contributed by atoms with Gasteiger partial charge < -0.3 is 9.64 Å². The van der Waals surface area contributed by atoms with Crippen molar-refractivity contribution in [1.29, 1.82) is 0 Å². The summed E-state index contributed by atoms with van der Waals surface area (Å²) in [7, 11) is 0. The molecule has 0 bridgehead atoms. The first-order valence-electron chi connectivity index (χ1n) is 4.80. The van der Waals surface area contributed by atoms with E-state index in [1.165, 1.54) is 0 Å². The highest BCUT2D eigenvalue weighted by Crippen LogP contribution is 2.15. The fourth-order valence-electron chi connectivity index (χ4n) is 1.41. The Kier molecular flexibility index (Phi) is 4.42. The van der Waals surface area contributed by atoms with Gasteiger partial charge in [0.25, 0.3) is 0 Å². The molecule has 1 heterocycles. The molecule has 80 valence electrons. The first-order chi connectivity index (χ1) is 6.66. The van der Waals surface area contributed by atoms with Crippen molar-refractivity contribution in [1.82, 2.24) is 4.90 Å². The van der Waals surface area contributed by atoms with E-state index < -0.39 is 0 Å². The number of ether oxygens (including phenoxy) is 1. The number of nitrogens with zero attached hydrogens (tertiary/aromatic N) is 1. The van der Waals surface area contributed by atoms with E-state index in [0.717, 1.165) is 0 Å². The predicted molar refractivity (Wildman–Crippen MR) is 56.4 cm³/mol. The van der Waals surface area contributed by atoms with Gasteiger partial charge in [0.15, 0.2) is 0 Å². The fourth-order valence-corrected chi connectivity index (χ4v) is 1.52. The van der Waals surface area contributed by atoms with Gasteiger partial charge in [-0.1, -0.05) is 13.0 Å². The lowest BCUT2D eigenvalue weighted by Crippen LogP contribution is -2.44. The molecule has 1 amide bonds. The van der Waals surface area contributed by atoms with Crippen molar-refractivity contribution >= 4 is 17.5 Å². The second-order valence-corrected chi connectivity index (χ2v) is 3.91. The van der Waals surface area contributed by atoms with Crippen molar-refractivity contribution in [3.05, 3.63) is 12.7 Å². The monoisotopic (exact) mass is 217 g/mol. The summed E-state index contributed by atoms with van der Waals surface area (Å²) >= 11 is 5.93. The summed E-state index contributed by atoms with van der Waals surface area (Å²) in [5.74, 6) is -0.111. The summed E-state index contributed by atoms with van der Waals surface area (Å²) < 4.78 is 5.17. The summed E-state index contributed by atoms with van der Waals surface area (Å²) in [6.45, 7) is 8.00. The molecule has 4 heteroatoms. The molecule has 14 heavy (non-hydrogen) atoms. The second kappa shape index (κ2) is 5.37. The van der Waals surface area contributed by atoms with Crippen LogP contribution in [0.4, 0.5) is 0 Å².